The zero-order valence-corrected chi connectivity index (χ0v) is 25.2. The third-order valence-electron chi connectivity index (χ3n) is 8.22. The maximum Gasteiger partial charge on any atom is 0.0561 e. The van der Waals surface area contributed by atoms with Crippen LogP contribution in [-0.2, 0) is 0 Å². The lowest BCUT2D eigenvalue weighted by Gasteiger charge is -2.26. The molecule has 2 nitrogen and oxygen atoms in total. The van der Waals surface area contributed by atoms with Gasteiger partial charge in [-0.1, -0.05) is 102 Å². The van der Waals surface area contributed by atoms with Crippen LogP contribution < -0.4 is 4.90 Å². The topological polar surface area (TPSA) is 8.17 Å². The first-order valence-electron chi connectivity index (χ1n) is 14.6. The third kappa shape index (κ3) is 4.69. The van der Waals surface area contributed by atoms with Crippen LogP contribution >= 0.6 is 23.2 Å². The fraction of sp³-hybridized carbons (Fsp3) is 0. The highest BCUT2D eigenvalue weighted by molar-refractivity contribution is 6.35. The van der Waals surface area contributed by atoms with Gasteiger partial charge in [-0.05, 0) is 101 Å². The Kier molecular flexibility index (Phi) is 6.60. The van der Waals surface area contributed by atoms with Crippen LogP contribution in [0.5, 0.6) is 0 Å². The molecule has 0 N–H and O–H groups in total. The van der Waals surface area contributed by atoms with Crippen molar-refractivity contribution in [1.82, 2.24) is 4.57 Å². The number of benzene rings is 7. The van der Waals surface area contributed by atoms with Crippen LogP contribution in [0.25, 0.3) is 49.4 Å². The molecule has 0 saturated carbocycles. The molecule has 0 saturated heterocycles. The van der Waals surface area contributed by atoms with Crippen molar-refractivity contribution in [2.24, 2.45) is 0 Å². The minimum absolute atomic E-state index is 0.629. The molecule has 0 aliphatic rings. The summed E-state index contributed by atoms with van der Waals surface area (Å²) in [4.78, 5) is 2.33. The van der Waals surface area contributed by atoms with E-state index in [1.54, 1.807) is 6.07 Å². The molecule has 8 rings (SSSR count). The molecule has 44 heavy (non-hydrogen) atoms. The van der Waals surface area contributed by atoms with Crippen molar-refractivity contribution >= 4 is 72.8 Å². The highest BCUT2D eigenvalue weighted by Crippen LogP contribution is 2.40. The predicted molar refractivity (Wildman–Crippen MR) is 188 cm³/mol. The molecule has 1 aromatic heterocycles. The second-order valence-electron chi connectivity index (χ2n) is 11.0. The molecule has 0 unspecified atom stereocenters. The Balaban J connectivity index is 1.30. The first-order chi connectivity index (χ1) is 21.6. The van der Waals surface area contributed by atoms with E-state index >= 15 is 0 Å². The Labute approximate surface area is 265 Å². The van der Waals surface area contributed by atoms with Crippen molar-refractivity contribution in [3.05, 3.63) is 168 Å². The smallest absolute Gasteiger partial charge is 0.0561 e. The van der Waals surface area contributed by atoms with Crippen LogP contribution in [0.3, 0.4) is 0 Å². The fourth-order valence-electron chi connectivity index (χ4n) is 6.25. The Hall–Kier alpha value is -5.02. The molecule has 0 bridgehead atoms. The largest absolute Gasteiger partial charge is 0.310 e. The summed E-state index contributed by atoms with van der Waals surface area (Å²) in [5.41, 5.74) is 8.86. The maximum absolute atomic E-state index is 6.30. The van der Waals surface area contributed by atoms with Gasteiger partial charge >= 0.3 is 0 Å². The number of anilines is 3. The van der Waals surface area contributed by atoms with Crippen molar-refractivity contribution < 1.29 is 0 Å². The summed E-state index contributed by atoms with van der Waals surface area (Å²) < 4.78 is 2.36. The lowest BCUT2D eigenvalue weighted by Crippen LogP contribution is -2.10. The summed E-state index contributed by atoms with van der Waals surface area (Å²) in [6, 6.07) is 55.4. The van der Waals surface area contributed by atoms with Gasteiger partial charge in [0.2, 0.25) is 0 Å². The fourth-order valence-corrected chi connectivity index (χ4v) is 6.78. The van der Waals surface area contributed by atoms with Gasteiger partial charge in [0.05, 0.1) is 11.0 Å². The molecule has 0 aliphatic heterocycles. The lowest BCUT2D eigenvalue weighted by atomic mass is 10.0. The standard InChI is InChI=1S/C40H26Cl2N2/c41-31-22-30(23-32(42)25-31)28-15-16-29-24-35(18-17-27(29)21-28)43(33-9-3-1-4-10-33)36-19-20-38-37-13-7-8-14-39(37)44(40(38)26-36)34-11-5-2-6-12-34/h1-26H. The van der Waals surface area contributed by atoms with Crippen LogP contribution in [0.2, 0.25) is 10.0 Å². The van der Waals surface area contributed by atoms with E-state index in [4.69, 9.17) is 23.2 Å². The first-order valence-corrected chi connectivity index (χ1v) is 15.3. The minimum Gasteiger partial charge on any atom is -0.310 e. The Morgan fingerprint density at radius 2 is 1.02 bits per heavy atom. The van der Waals surface area contributed by atoms with Gasteiger partial charge in [0, 0.05) is 43.6 Å². The number of hydrogen-bond donors (Lipinski definition) is 0. The molecule has 0 aliphatic carbocycles. The van der Waals surface area contributed by atoms with E-state index in [1.165, 1.54) is 21.8 Å². The first kappa shape index (κ1) is 26.6. The van der Waals surface area contributed by atoms with E-state index < -0.39 is 0 Å². The zero-order valence-electron chi connectivity index (χ0n) is 23.7. The van der Waals surface area contributed by atoms with Crippen LogP contribution in [0.15, 0.2) is 158 Å². The molecule has 0 radical (unpaired) electrons. The molecule has 0 fully saturated rings. The number of para-hydroxylation sites is 3. The summed E-state index contributed by atoms with van der Waals surface area (Å²) >= 11 is 12.6. The summed E-state index contributed by atoms with van der Waals surface area (Å²) in [6.45, 7) is 0. The van der Waals surface area contributed by atoms with E-state index in [2.05, 4.69) is 149 Å². The molecule has 0 atom stereocenters. The SMILES string of the molecule is Clc1cc(Cl)cc(-c2ccc3cc(N(c4ccccc4)c4ccc5c6ccccc6n(-c6ccccc6)c5c4)ccc3c2)c1. The minimum atomic E-state index is 0.629. The van der Waals surface area contributed by atoms with E-state index in [0.717, 1.165) is 44.6 Å². The second-order valence-corrected chi connectivity index (χ2v) is 11.8. The van der Waals surface area contributed by atoms with Gasteiger partial charge in [0.1, 0.15) is 0 Å². The number of halogens is 2. The summed E-state index contributed by atoms with van der Waals surface area (Å²) in [6.07, 6.45) is 0. The molecule has 8 aromatic rings. The van der Waals surface area contributed by atoms with E-state index in [1.807, 2.05) is 12.1 Å². The van der Waals surface area contributed by atoms with Gasteiger partial charge in [-0.15, -0.1) is 0 Å². The van der Waals surface area contributed by atoms with Gasteiger partial charge < -0.3 is 9.47 Å². The van der Waals surface area contributed by atoms with Crippen molar-refractivity contribution in [3.63, 3.8) is 0 Å². The lowest BCUT2D eigenvalue weighted by molar-refractivity contribution is 1.18. The van der Waals surface area contributed by atoms with Crippen LogP contribution in [-0.4, -0.2) is 4.57 Å². The molecule has 210 valence electrons. The molecular weight excluding hydrogens is 579 g/mol. The predicted octanol–water partition coefficient (Wildman–Crippen LogP) is 12.4. The summed E-state index contributed by atoms with van der Waals surface area (Å²) in [7, 11) is 0. The van der Waals surface area contributed by atoms with Gasteiger partial charge in [0.15, 0.2) is 0 Å². The molecule has 4 heteroatoms. The van der Waals surface area contributed by atoms with Gasteiger partial charge in [0.25, 0.3) is 0 Å². The van der Waals surface area contributed by atoms with Crippen LogP contribution in [0.1, 0.15) is 0 Å². The average molecular weight is 606 g/mol. The van der Waals surface area contributed by atoms with E-state index in [0.29, 0.717) is 10.0 Å². The van der Waals surface area contributed by atoms with Crippen molar-refractivity contribution in [3.8, 4) is 16.8 Å². The third-order valence-corrected chi connectivity index (χ3v) is 8.66. The maximum atomic E-state index is 6.30. The van der Waals surface area contributed by atoms with E-state index in [9.17, 15) is 0 Å². The molecule has 0 spiro atoms. The number of hydrogen-bond acceptors (Lipinski definition) is 1. The van der Waals surface area contributed by atoms with Crippen molar-refractivity contribution in [2.45, 2.75) is 0 Å². The number of rotatable bonds is 5. The highest BCUT2D eigenvalue weighted by atomic mass is 35.5. The zero-order chi connectivity index (χ0) is 29.6. The molecule has 0 amide bonds. The normalized spacial score (nSPS) is 11.4. The second kappa shape index (κ2) is 10.9. The van der Waals surface area contributed by atoms with Crippen LogP contribution in [0.4, 0.5) is 17.1 Å². The van der Waals surface area contributed by atoms with Crippen molar-refractivity contribution in [1.29, 1.82) is 0 Å². The summed E-state index contributed by atoms with van der Waals surface area (Å²) in [5.74, 6) is 0. The van der Waals surface area contributed by atoms with Gasteiger partial charge in [-0.2, -0.15) is 0 Å². The summed E-state index contributed by atoms with van der Waals surface area (Å²) in [5, 5.41) is 6.03. The Bertz CT molecular complexity index is 2290. The number of fused-ring (bicyclic) bond motifs is 4. The Morgan fingerprint density at radius 3 is 1.82 bits per heavy atom. The molecule has 7 aromatic carbocycles. The number of nitrogens with zero attached hydrogens (tertiary/aromatic N) is 2. The average Bonchev–Trinajstić information content (AvgIpc) is 3.39. The van der Waals surface area contributed by atoms with E-state index in [-0.39, 0.29) is 0 Å². The highest BCUT2D eigenvalue weighted by Gasteiger charge is 2.17. The van der Waals surface area contributed by atoms with Crippen LogP contribution in [0, 0.1) is 0 Å². The Morgan fingerprint density at radius 1 is 0.409 bits per heavy atom. The van der Waals surface area contributed by atoms with Gasteiger partial charge in [-0.3, -0.25) is 0 Å². The quantitative estimate of drug-likeness (QED) is 0.189. The number of aromatic nitrogens is 1. The monoisotopic (exact) mass is 604 g/mol. The molecular formula is C40H26Cl2N2. The van der Waals surface area contributed by atoms with Crippen molar-refractivity contribution in [2.75, 3.05) is 4.90 Å². The van der Waals surface area contributed by atoms with Gasteiger partial charge in [-0.25, -0.2) is 0 Å². The molecule has 1 heterocycles.